The molecule has 0 N–H and O–H groups in total. The smallest absolute Gasteiger partial charge is 0.410 e. The summed E-state index contributed by atoms with van der Waals surface area (Å²) in [5.74, 6) is 0.615. The average molecular weight is 334 g/mol. The van der Waals surface area contributed by atoms with Crippen LogP contribution in [0.3, 0.4) is 0 Å². The molecule has 2 atom stereocenters. The van der Waals surface area contributed by atoms with E-state index in [1.165, 1.54) is 0 Å². The van der Waals surface area contributed by atoms with E-state index in [1.807, 2.05) is 25.7 Å². The zero-order valence-corrected chi connectivity index (χ0v) is 15.1. The lowest BCUT2D eigenvalue weighted by molar-refractivity contribution is 0.00252. The fourth-order valence-corrected chi connectivity index (χ4v) is 4.04. The van der Waals surface area contributed by atoms with Gasteiger partial charge < -0.3 is 14.2 Å². The Balaban J connectivity index is 1.74. The molecule has 0 spiro atoms. The summed E-state index contributed by atoms with van der Waals surface area (Å²) in [7, 11) is 0. The zero-order chi connectivity index (χ0) is 17.6. The molecule has 2 saturated heterocycles. The van der Waals surface area contributed by atoms with Gasteiger partial charge in [0.05, 0.1) is 11.3 Å². The maximum Gasteiger partial charge on any atom is 0.410 e. The lowest BCUT2D eigenvalue weighted by atomic mass is 9.84. The average Bonchev–Trinajstić information content (AvgIpc) is 2.93. The van der Waals surface area contributed by atoms with Crippen molar-refractivity contribution in [3.63, 3.8) is 0 Å². The van der Waals surface area contributed by atoms with Crippen molar-refractivity contribution in [3.05, 3.63) is 17.0 Å². The summed E-state index contributed by atoms with van der Waals surface area (Å²) in [5, 5.41) is 3.89. The molecule has 0 aliphatic carbocycles. The maximum absolute atomic E-state index is 12.9. The number of Topliss-reactive ketones (excluding diaryl/α,β-unsaturated/α-hetero) is 1. The SMILES string of the molecule is Cc1noc(C)c1C(=O)C1CC2CCC(C1)N2C(=O)OC(C)(C)C. The van der Waals surface area contributed by atoms with Gasteiger partial charge in [0.15, 0.2) is 5.78 Å². The Morgan fingerprint density at radius 3 is 2.21 bits per heavy atom. The van der Waals surface area contributed by atoms with E-state index in [1.54, 1.807) is 13.8 Å². The quantitative estimate of drug-likeness (QED) is 0.772. The van der Waals surface area contributed by atoms with Gasteiger partial charge in [-0.1, -0.05) is 5.16 Å². The first-order chi connectivity index (χ1) is 11.2. The van der Waals surface area contributed by atoms with Crippen molar-refractivity contribution < 1.29 is 18.8 Å². The molecule has 1 aromatic rings. The number of hydrogen-bond donors (Lipinski definition) is 0. The number of ketones is 1. The Morgan fingerprint density at radius 2 is 1.75 bits per heavy atom. The summed E-state index contributed by atoms with van der Waals surface area (Å²) in [5.41, 5.74) is 0.768. The number of nitrogens with zero attached hydrogens (tertiary/aromatic N) is 2. The molecule has 2 bridgehead atoms. The monoisotopic (exact) mass is 334 g/mol. The van der Waals surface area contributed by atoms with Crippen LogP contribution < -0.4 is 0 Å². The molecule has 2 fully saturated rings. The van der Waals surface area contributed by atoms with Gasteiger partial charge in [-0.2, -0.15) is 0 Å². The zero-order valence-electron chi connectivity index (χ0n) is 15.1. The van der Waals surface area contributed by atoms with Crippen LogP contribution in [0.5, 0.6) is 0 Å². The summed E-state index contributed by atoms with van der Waals surface area (Å²) in [6.07, 6.45) is 3.01. The number of aryl methyl sites for hydroxylation is 2. The Hall–Kier alpha value is -1.85. The second-order valence-corrected chi connectivity index (χ2v) is 8.00. The minimum absolute atomic E-state index is 0.0713. The highest BCUT2D eigenvalue weighted by atomic mass is 16.6. The van der Waals surface area contributed by atoms with Crippen LogP contribution in [0.2, 0.25) is 0 Å². The summed E-state index contributed by atoms with van der Waals surface area (Å²) in [6, 6.07) is 0.182. The van der Waals surface area contributed by atoms with Crippen molar-refractivity contribution in [3.8, 4) is 0 Å². The fourth-order valence-electron chi connectivity index (χ4n) is 4.04. The number of amides is 1. The van der Waals surface area contributed by atoms with Gasteiger partial charge in [-0.25, -0.2) is 4.79 Å². The van der Waals surface area contributed by atoms with Gasteiger partial charge in [0.1, 0.15) is 11.4 Å². The molecule has 0 aromatic carbocycles. The maximum atomic E-state index is 12.9. The molecular formula is C18H26N2O4. The number of ether oxygens (including phenoxy) is 1. The highest BCUT2D eigenvalue weighted by Crippen LogP contribution is 2.41. The van der Waals surface area contributed by atoms with E-state index in [9.17, 15) is 9.59 Å². The van der Waals surface area contributed by atoms with Crippen molar-refractivity contribution in [2.45, 2.75) is 78.0 Å². The van der Waals surface area contributed by atoms with Crippen molar-refractivity contribution >= 4 is 11.9 Å². The molecule has 1 aromatic heterocycles. The molecule has 0 radical (unpaired) electrons. The van der Waals surface area contributed by atoms with Gasteiger partial charge in [-0.15, -0.1) is 0 Å². The molecule has 6 heteroatoms. The van der Waals surface area contributed by atoms with E-state index in [0.717, 1.165) is 12.8 Å². The number of carbonyl (C=O) groups is 2. The van der Waals surface area contributed by atoms with Gasteiger partial charge in [0.2, 0.25) is 0 Å². The summed E-state index contributed by atoms with van der Waals surface area (Å²) in [4.78, 5) is 27.2. The molecule has 2 unspecified atom stereocenters. The molecule has 2 aliphatic rings. The van der Waals surface area contributed by atoms with E-state index in [-0.39, 0.29) is 29.9 Å². The van der Waals surface area contributed by atoms with Gasteiger partial charge >= 0.3 is 6.09 Å². The van der Waals surface area contributed by atoms with Crippen LogP contribution in [0.1, 0.15) is 68.3 Å². The molecule has 24 heavy (non-hydrogen) atoms. The number of aromatic nitrogens is 1. The van der Waals surface area contributed by atoms with Crippen LogP contribution >= 0.6 is 0 Å². The van der Waals surface area contributed by atoms with Crippen molar-refractivity contribution in [2.75, 3.05) is 0 Å². The molecule has 3 heterocycles. The fraction of sp³-hybridized carbons (Fsp3) is 0.722. The Labute approximate surface area is 142 Å². The van der Waals surface area contributed by atoms with Gasteiger partial charge in [-0.05, 0) is 60.3 Å². The van der Waals surface area contributed by atoms with E-state index in [4.69, 9.17) is 9.26 Å². The Bertz CT molecular complexity index is 625. The number of carbonyl (C=O) groups excluding carboxylic acids is 2. The second kappa shape index (κ2) is 5.90. The predicted octanol–water partition coefficient (Wildman–Crippen LogP) is 3.65. The molecule has 1 amide bonds. The van der Waals surface area contributed by atoms with Gasteiger partial charge in [0, 0.05) is 18.0 Å². The first-order valence-corrected chi connectivity index (χ1v) is 8.65. The molecule has 6 nitrogen and oxygen atoms in total. The van der Waals surface area contributed by atoms with E-state index >= 15 is 0 Å². The molecule has 3 rings (SSSR count). The van der Waals surface area contributed by atoms with Crippen LogP contribution in [-0.2, 0) is 4.74 Å². The first kappa shape index (κ1) is 17.0. The standard InChI is InChI=1S/C18H26N2O4/c1-10-15(11(2)24-19-10)16(21)12-8-13-6-7-14(9-12)20(13)17(22)23-18(3,4)5/h12-14H,6-9H2,1-5H3. The minimum Gasteiger partial charge on any atom is -0.444 e. The van der Waals surface area contributed by atoms with Gasteiger partial charge in [-0.3, -0.25) is 4.79 Å². The molecule has 2 aliphatic heterocycles. The number of rotatable bonds is 2. The van der Waals surface area contributed by atoms with Crippen LogP contribution in [0, 0.1) is 19.8 Å². The van der Waals surface area contributed by atoms with Crippen LogP contribution in [0.15, 0.2) is 4.52 Å². The van der Waals surface area contributed by atoms with Gasteiger partial charge in [0.25, 0.3) is 0 Å². The van der Waals surface area contributed by atoms with E-state index < -0.39 is 5.60 Å². The number of hydrogen-bond acceptors (Lipinski definition) is 5. The highest BCUT2D eigenvalue weighted by Gasteiger charge is 2.47. The lowest BCUT2D eigenvalue weighted by Crippen LogP contribution is -2.49. The summed E-state index contributed by atoms with van der Waals surface area (Å²) < 4.78 is 10.7. The van der Waals surface area contributed by atoms with Crippen LogP contribution in [-0.4, -0.2) is 39.6 Å². The first-order valence-electron chi connectivity index (χ1n) is 8.65. The Kier molecular flexibility index (Phi) is 4.18. The van der Waals surface area contributed by atoms with Crippen molar-refractivity contribution in [1.82, 2.24) is 10.1 Å². The minimum atomic E-state index is -0.500. The predicted molar refractivity (Wildman–Crippen MR) is 87.9 cm³/mol. The van der Waals surface area contributed by atoms with E-state index in [0.29, 0.717) is 29.9 Å². The third-order valence-corrected chi connectivity index (χ3v) is 4.99. The largest absolute Gasteiger partial charge is 0.444 e. The normalized spacial score (nSPS) is 26.5. The molecule has 0 saturated carbocycles. The topological polar surface area (TPSA) is 72.6 Å². The van der Waals surface area contributed by atoms with Crippen LogP contribution in [0.25, 0.3) is 0 Å². The lowest BCUT2D eigenvalue weighted by Gasteiger charge is -2.39. The second-order valence-electron chi connectivity index (χ2n) is 8.00. The number of fused-ring (bicyclic) bond motifs is 2. The summed E-state index contributed by atoms with van der Waals surface area (Å²) in [6.45, 7) is 9.20. The van der Waals surface area contributed by atoms with E-state index in [2.05, 4.69) is 5.16 Å². The molecule has 132 valence electrons. The summed E-state index contributed by atoms with van der Waals surface area (Å²) >= 11 is 0. The number of piperidine rings is 1. The molecular weight excluding hydrogens is 308 g/mol. The third-order valence-electron chi connectivity index (χ3n) is 4.99. The third kappa shape index (κ3) is 3.06. The van der Waals surface area contributed by atoms with Crippen molar-refractivity contribution in [2.24, 2.45) is 5.92 Å². The van der Waals surface area contributed by atoms with Crippen molar-refractivity contribution in [1.29, 1.82) is 0 Å². The van der Waals surface area contributed by atoms with Crippen LogP contribution in [0.4, 0.5) is 4.79 Å². The highest BCUT2D eigenvalue weighted by molar-refractivity contribution is 5.99. The Morgan fingerprint density at radius 1 is 1.17 bits per heavy atom.